The van der Waals surface area contributed by atoms with Crippen LogP contribution in [0.1, 0.15) is 36.0 Å². The Labute approximate surface area is 263 Å². The Balaban J connectivity index is 1.52. The molecule has 0 fully saturated rings. The molecule has 0 spiro atoms. The van der Waals surface area contributed by atoms with Crippen LogP contribution >= 0.6 is 0 Å². The molecule has 0 heterocycles. The molecule has 3 atom stereocenters. The Bertz CT molecular complexity index is 1580. The van der Waals surface area contributed by atoms with Crippen LogP contribution in [0.5, 0.6) is 0 Å². The number of fused-ring (bicyclic) bond motifs is 1. The Morgan fingerprint density at radius 3 is 1.71 bits per heavy atom. The molecule has 9 nitrogen and oxygen atoms in total. The number of nitrogens with two attached hydrogens (primary N) is 1. The quantitative estimate of drug-likeness (QED) is 0.123. The van der Waals surface area contributed by atoms with Crippen molar-refractivity contribution in [2.45, 2.75) is 56.7 Å². The van der Waals surface area contributed by atoms with Crippen molar-refractivity contribution in [2.75, 3.05) is 6.54 Å². The lowest BCUT2D eigenvalue weighted by molar-refractivity contribution is -0.142. The molecule has 3 amide bonds. The Morgan fingerprint density at radius 1 is 0.600 bits per heavy atom. The SMILES string of the molecule is NCCCC[C@H](NC(=O)[C@H](Cc1ccccc1)NC(=O)[C@H](Cc1ccccc1)NC(=O)Cc1ccc2ccccc2c1)C(=O)O. The van der Waals surface area contributed by atoms with E-state index in [1.54, 1.807) is 0 Å². The topological polar surface area (TPSA) is 151 Å². The predicted molar refractivity (Wildman–Crippen MR) is 174 cm³/mol. The highest BCUT2D eigenvalue weighted by molar-refractivity contribution is 5.94. The minimum absolute atomic E-state index is 0.0699. The van der Waals surface area contributed by atoms with Gasteiger partial charge in [-0.15, -0.1) is 0 Å². The summed E-state index contributed by atoms with van der Waals surface area (Å²) in [6, 6.07) is 28.9. The van der Waals surface area contributed by atoms with E-state index in [9.17, 15) is 24.3 Å². The van der Waals surface area contributed by atoms with Crippen molar-refractivity contribution in [3.63, 3.8) is 0 Å². The van der Waals surface area contributed by atoms with Gasteiger partial charge in [0.2, 0.25) is 17.7 Å². The summed E-state index contributed by atoms with van der Waals surface area (Å²) in [4.78, 5) is 52.5. The lowest BCUT2D eigenvalue weighted by Gasteiger charge is -2.25. The van der Waals surface area contributed by atoms with E-state index in [2.05, 4.69) is 16.0 Å². The van der Waals surface area contributed by atoms with Gasteiger partial charge in [-0.2, -0.15) is 0 Å². The highest BCUT2D eigenvalue weighted by Crippen LogP contribution is 2.16. The molecule has 0 aliphatic heterocycles. The second kappa shape index (κ2) is 16.7. The van der Waals surface area contributed by atoms with Crippen LogP contribution in [0.3, 0.4) is 0 Å². The number of rotatable bonds is 16. The van der Waals surface area contributed by atoms with Gasteiger partial charge in [0.25, 0.3) is 0 Å². The largest absolute Gasteiger partial charge is 0.480 e. The first-order chi connectivity index (χ1) is 21.8. The van der Waals surface area contributed by atoms with E-state index >= 15 is 0 Å². The van der Waals surface area contributed by atoms with Crippen molar-refractivity contribution < 1.29 is 24.3 Å². The molecule has 0 bridgehead atoms. The molecule has 4 rings (SSSR count). The third kappa shape index (κ3) is 10.3. The van der Waals surface area contributed by atoms with Gasteiger partial charge in [0.15, 0.2) is 0 Å². The zero-order valence-electron chi connectivity index (χ0n) is 25.2. The third-order valence-corrected chi connectivity index (χ3v) is 7.59. The van der Waals surface area contributed by atoms with Gasteiger partial charge < -0.3 is 26.8 Å². The summed E-state index contributed by atoms with van der Waals surface area (Å²) < 4.78 is 0. The van der Waals surface area contributed by atoms with Crippen molar-refractivity contribution in [2.24, 2.45) is 5.73 Å². The molecule has 0 saturated carbocycles. The zero-order valence-corrected chi connectivity index (χ0v) is 25.2. The lowest BCUT2D eigenvalue weighted by atomic mass is 10.0. The average Bonchev–Trinajstić information content (AvgIpc) is 3.04. The number of benzene rings is 4. The minimum Gasteiger partial charge on any atom is -0.480 e. The Kier molecular flexibility index (Phi) is 12.2. The maximum Gasteiger partial charge on any atom is 0.326 e. The number of carbonyl (C=O) groups is 4. The van der Waals surface area contributed by atoms with Crippen LogP contribution in [-0.2, 0) is 38.4 Å². The van der Waals surface area contributed by atoms with E-state index in [0.29, 0.717) is 19.4 Å². The molecule has 9 heteroatoms. The van der Waals surface area contributed by atoms with Gasteiger partial charge in [-0.25, -0.2) is 4.79 Å². The highest BCUT2D eigenvalue weighted by atomic mass is 16.4. The van der Waals surface area contributed by atoms with E-state index in [1.807, 2.05) is 103 Å². The molecule has 0 aliphatic carbocycles. The number of aliphatic carboxylic acids is 1. The van der Waals surface area contributed by atoms with Gasteiger partial charge in [0.1, 0.15) is 18.1 Å². The highest BCUT2D eigenvalue weighted by Gasteiger charge is 2.30. The van der Waals surface area contributed by atoms with Crippen LogP contribution in [0.15, 0.2) is 103 Å². The third-order valence-electron chi connectivity index (χ3n) is 7.59. The summed E-state index contributed by atoms with van der Waals surface area (Å²) in [5.41, 5.74) is 7.98. The van der Waals surface area contributed by atoms with Crippen LogP contribution < -0.4 is 21.7 Å². The predicted octanol–water partition coefficient (Wildman–Crippen LogP) is 3.54. The van der Waals surface area contributed by atoms with E-state index < -0.39 is 35.9 Å². The smallest absolute Gasteiger partial charge is 0.326 e. The Hall–Kier alpha value is -5.02. The van der Waals surface area contributed by atoms with E-state index in [4.69, 9.17) is 5.73 Å². The fourth-order valence-electron chi connectivity index (χ4n) is 5.19. The zero-order chi connectivity index (χ0) is 32.0. The standard InChI is InChI=1S/C36H40N4O5/c37-20-10-9-17-30(36(44)45)39-35(43)32(23-26-13-5-2-6-14-26)40-34(42)31(22-25-11-3-1-4-12-25)38-33(41)24-27-18-19-28-15-7-8-16-29(28)21-27/h1-8,11-16,18-19,21,30-32H,9-10,17,20,22-24,37H2,(H,38,41)(H,39,43)(H,40,42)(H,44,45)/t30-,31-,32-/m0/s1. The molecule has 0 aliphatic rings. The van der Waals surface area contributed by atoms with Crippen molar-refractivity contribution in [3.8, 4) is 0 Å². The number of carboxylic acids is 1. The number of unbranched alkanes of at least 4 members (excludes halogenated alkanes) is 1. The molecule has 6 N–H and O–H groups in total. The van der Waals surface area contributed by atoms with E-state index in [-0.39, 0.29) is 31.6 Å². The van der Waals surface area contributed by atoms with Crippen molar-refractivity contribution >= 4 is 34.5 Å². The van der Waals surface area contributed by atoms with Crippen LogP contribution in [0.4, 0.5) is 0 Å². The average molecular weight is 609 g/mol. The summed E-state index contributed by atoms with van der Waals surface area (Å²) in [6.45, 7) is 0.419. The molecule has 234 valence electrons. The molecule has 0 aromatic heterocycles. The molecule has 4 aromatic carbocycles. The first-order valence-corrected chi connectivity index (χ1v) is 15.2. The fourth-order valence-corrected chi connectivity index (χ4v) is 5.19. The molecule has 0 radical (unpaired) electrons. The maximum absolute atomic E-state index is 13.8. The van der Waals surface area contributed by atoms with Gasteiger partial charge in [0, 0.05) is 12.8 Å². The second-order valence-electron chi connectivity index (χ2n) is 11.1. The number of nitrogens with one attached hydrogen (secondary N) is 3. The number of hydrogen-bond acceptors (Lipinski definition) is 5. The Morgan fingerprint density at radius 2 is 1.13 bits per heavy atom. The maximum atomic E-state index is 13.8. The molecule has 0 saturated heterocycles. The monoisotopic (exact) mass is 608 g/mol. The first kappa shape index (κ1) is 32.9. The second-order valence-corrected chi connectivity index (χ2v) is 11.1. The van der Waals surface area contributed by atoms with Gasteiger partial charge >= 0.3 is 5.97 Å². The minimum atomic E-state index is -1.16. The van der Waals surface area contributed by atoms with Crippen LogP contribution in [-0.4, -0.2) is 53.5 Å². The van der Waals surface area contributed by atoms with Crippen LogP contribution in [0.25, 0.3) is 10.8 Å². The lowest BCUT2D eigenvalue weighted by Crippen LogP contribution is -2.57. The van der Waals surface area contributed by atoms with Gasteiger partial charge in [0.05, 0.1) is 6.42 Å². The number of carboxylic acid groups (broad SMARTS) is 1. The summed E-state index contributed by atoms with van der Waals surface area (Å²) >= 11 is 0. The van der Waals surface area contributed by atoms with Crippen molar-refractivity contribution in [1.82, 2.24) is 16.0 Å². The normalized spacial score (nSPS) is 12.9. The molecular formula is C36H40N4O5. The fraction of sp³-hybridized carbons (Fsp3) is 0.278. The van der Waals surface area contributed by atoms with Gasteiger partial charge in [-0.3, -0.25) is 14.4 Å². The van der Waals surface area contributed by atoms with Crippen LogP contribution in [0, 0.1) is 0 Å². The summed E-state index contributed by atoms with van der Waals surface area (Å²) in [6.07, 6.45) is 1.78. The van der Waals surface area contributed by atoms with E-state index in [1.165, 1.54) is 0 Å². The first-order valence-electron chi connectivity index (χ1n) is 15.2. The molecule has 45 heavy (non-hydrogen) atoms. The van der Waals surface area contributed by atoms with Crippen molar-refractivity contribution in [1.29, 1.82) is 0 Å². The molecule has 0 unspecified atom stereocenters. The number of amides is 3. The van der Waals surface area contributed by atoms with Crippen LogP contribution in [0.2, 0.25) is 0 Å². The number of hydrogen-bond donors (Lipinski definition) is 5. The summed E-state index contributed by atoms with van der Waals surface area (Å²) in [5, 5.41) is 20.1. The van der Waals surface area contributed by atoms with Crippen molar-refractivity contribution in [3.05, 3.63) is 120 Å². The summed E-state index contributed by atoms with van der Waals surface area (Å²) in [5.74, 6) is -2.66. The number of carbonyl (C=O) groups excluding carboxylic acids is 3. The van der Waals surface area contributed by atoms with Gasteiger partial charge in [-0.1, -0.05) is 103 Å². The molecular weight excluding hydrogens is 568 g/mol. The molecule has 4 aromatic rings. The van der Waals surface area contributed by atoms with E-state index in [0.717, 1.165) is 27.5 Å². The van der Waals surface area contributed by atoms with Gasteiger partial charge in [-0.05, 0) is 53.3 Å². The summed E-state index contributed by atoms with van der Waals surface area (Å²) in [7, 11) is 0.